The number of amides is 1. The van der Waals surface area contributed by atoms with Crippen LogP contribution in [0.4, 0.5) is 4.79 Å². The van der Waals surface area contributed by atoms with Gasteiger partial charge in [-0.05, 0) is 49.6 Å². The van der Waals surface area contributed by atoms with E-state index < -0.39 is 23.7 Å². The zero-order valence-corrected chi connectivity index (χ0v) is 20.4. The highest BCUT2D eigenvalue weighted by Crippen LogP contribution is 2.30. The largest absolute Gasteiger partial charge is 0.445 e. The molecule has 0 aliphatic rings. The van der Waals surface area contributed by atoms with Gasteiger partial charge in [-0.3, -0.25) is 0 Å². The van der Waals surface area contributed by atoms with Gasteiger partial charge < -0.3 is 19.2 Å². The number of carbonyl (C=O) groups excluding carboxylic acids is 2. The molecule has 0 fully saturated rings. The van der Waals surface area contributed by atoms with Gasteiger partial charge in [0.25, 0.3) is 0 Å². The maximum absolute atomic E-state index is 12.8. The minimum Gasteiger partial charge on any atom is -0.445 e. The average molecular weight is 486 g/mol. The van der Waals surface area contributed by atoms with Crippen molar-refractivity contribution < 1.29 is 23.5 Å². The van der Waals surface area contributed by atoms with Crippen LogP contribution in [-0.2, 0) is 22.6 Å². The molecular weight excluding hydrogens is 458 g/mol. The molecule has 7 heteroatoms. The number of benzene rings is 3. The molecule has 0 spiro atoms. The number of hydrogen-bond donors (Lipinski definition) is 1. The Bertz CT molecular complexity index is 1440. The van der Waals surface area contributed by atoms with Gasteiger partial charge in [-0.2, -0.15) is 0 Å². The number of aryl methyl sites for hydroxylation is 2. The lowest BCUT2D eigenvalue weighted by molar-refractivity contribution is -0.136. The summed E-state index contributed by atoms with van der Waals surface area (Å²) in [6.45, 7) is 5.19. The third-order valence-corrected chi connectivity index (χ3v) is 5.99. The molecule has 1 aromatic heterocycles. The predicted octanol–water partition coefficient (Wildman–Crippen LogP) is 5.22. The van der Waals surface area contributed by atoms with Crippen molar-refractivity contribution in [3.8, 4) is 5.75 Å². The molecule has 1 heterocycles. The number of rotatable bonds is 7. The van der Waals surface area contributed by atoms with Crippen LogP contribution in [0.2, 0.25) is 0 Å². The van der Waals surface area contributed by atoms with Gasteiger partial charge in [-0.25, -0.2) is 14.4 Å². The lowest BCUT2D eigenvalue weighted by Crippen LogP contribution is -2.41. The maximum atomic E-state index is 12.8. The van der Waals surface area contributed by atoms with Crippen molar-refractivity contribution in [2.75, 3.05) is 0 Å². The summed E-state index contributed by atoms with van der Waals surface area (Å²) in [4.78, 5) is 37.5. The number of fused-ring (bicyclic) bond motifs is 1. The molecule has 0 saturated carbocycles. The Morgan fingerprint density at radius 1 is 0.889 bits per heavy atom. The Morgan fingerprint density at radius 2 is 1.53 bits per heavy atom. The van der Waals surface area contributed by atoms with Crippen LogP contribution in [0.1, 0.15) is 34.7 Å². The summed E-state index contributed by atoms with van der Waals surface area (Å²) in [6.07, 6.45) is -0.268. The maximum Gasteiger partial charge on any atom is 0.408 e. The smallest absolute Gasteiger partial charge is 0.408 e. The lowest BCUT2D eigenvalue weighted by atomic mass is 9.98. The van der Waals surface area contributed by atoms with E-state index in [-0.39, 0.29) is 12.4 Å². The van der Waals surface area contributed by atoms with E-state index in [1.54, 1.807) is 19.1 Å². The van der Waals surface area contributed by atoms with Crippen molar-refractivity contribution in [3.63, 3.8) is 0 Å². The van der Waals surface area contributed by atoms with Gasteiger partial charge in [-0.1, -0.05) is 60.7 Å². The van der Waals surface area contributed by atoms with Crippen LogP contribution in [0, 0.1) is 13.8 Å². The van der Waals surface area contributed by atoms with E-state index >= 15 is 0 Å². The zero-order chi connectivity index (χ0) is 25.7. The van der Waals surface area contributed by atoms with Crippen LogP contribution < -0.4 is 15.7 Å². The first-order valence-electron chi connectivity index (χ1n) is 11.6. The summed E-state index contributed by atoms with van der Waals surface area (Å²) in [5.74, 6) is -0.425. The molecule has 4 aromatic rings. The van der Waals surface area contributed by atoms with Crippen LogP contribution in [0.25, 0.3) is 11.0 Å². The van der Waals surface area contributed by atoms with Crippen molar-refractivity contribution in [1.82, 2.24) is 5.32 Å². The Morgan fingerprint density at radius 3 is 2.19 bits per heavy atom. The molecule has 184 valence electrons. The molecule has 3 aromatic carbocycles. The number of alkyl carbamates (subject to hydrolysis) is 1. The molecule has 1 atom stereocenters. The minimum atomic E-state index is -0.953. The van der Waals surface area contributed by atoms with Gasteiger partial charge in [0.15, 0.2) is 0 Å². The zero-order valence-electron chi connectivity index (χ0n) is 20.4. The summed E-state index contributed by atoms with van der Waals surface area (Å²) in [5, 5.41) is 3.24. The van der Waals surface area contributed by atoms with E-state index in [1.165, 1.54) is 6.92 Å². The standard InChI is InChI=1S/C29H27NO6/c1-18-23-14-15-25(19(2)26(23)36-28(32)24(18)16-21-10-6-4-7-11-21)35-27(31)20(3)30-29(33)34-17-22-12-8-5-9-13-22/h4-15,20H,16-17H2,1-3H3,(H,30,33)/t20-/m0/s1. The van der Waals surface area contributed by atoms with Crippen LogP contribution in [0.3, 0.4) is 0 Å². The fraction of sp³-hybridized carbons (Fsp3) is 0.207. The van der Waals surface area contributed by atoms with Crippen molar-refractivity contribution >= 4 is 23.0 Å². The van der Waals surface area contributed by atoms with Gasteiger partial charge in [0.2, 0.25) is 0 Å². The monoisotopic (exact) mass is 485 g/mol. The second kappa shape index (κ2) is 10.9. The highest BCUT2D eigenvalue weighted by atomic mass is 16.6. The molecular formula is C29H27NO6. The van der Waals surface area contributed by atoms with Crippen LogP contribution >= 0.6 is 0 Å². The van der Waals surface area contributed by atoms with Crippen LogP contribution in [-0.4, -0.2) is 18.1 Å². The minimum absolute atomic E-state index is 0.0862. The summed E-state index contributed by atoms with van der Waals surface area (Å²) in [5.41, 5.74) is 3.71. The summed E-state index contributed by atoms with van der Waals surface area (Å²) in [6, 6.07) is 21.4. The number of nitrogens with one attached hydrogen (secondary N) is 1. The summed E-state index contributed by atoms with van der Waals surface area (Å²) >= 11 is 0. The number of carbonyl (C=O) groups is 2. The SMILES string of the molecule is Cc1c(Cc2ccccc2)c(=O)oc2c(C)c(OC(=O)[C@H](C)NC(=O)OCc3ccccc3)ccc12. The molecule has 1 N–H and O–H groups in total. The predicted molar refractivity (Wildman–Crippen MR) is 136 cm³/mol. The first-order chi connectivity index (χ1) is 17.3. The number of esters is 1. The number of hydrogen-bond acceptors (Lipinski definition) is 6. The third-order valence-electron chi connectivity index (χ3n) is 5.99. The fourth-order valence-corrected chi connectivity index (χ4v) is 3.88. The Kier molecular flexibility index (Phi) is 7.49. The van der Waals surface area contributed by atoms with Crippen molar-refractivity contribution in [2.24, 2.45) is 0 Å². The van der Waals surface area contributed by atoms with Gasteiger partial charge >= 0.3 is 17.7 Å². The van der Waals surface area contributed by atoms with Gasteiger partial charge in [0.05, 0.1) is 0 Å². The molecule has 0 saturated heterocycles. The normalized spacial score (nSPS) is 11.6. The molecule has 0 unspecified atom stereocenters. The van der Waals surface area contributed by atoms with Crippen LogP contribution in [0.5, 0.6) is 5.75 Å². The summed E-state index contributed by atoms with van der Waals surface area (Å²) in [7, 11) is 0. The van der Waals surface area contributed by atoms with E-state index in [0.29, 0.717) is 23.1 Å². The molecule has 0 aliphatic carbocycles. The van der Waals surface area contributed by atoms with E-state index in [9.17, 15) is 14.4 Å². The van der Waals surface area contributed by atoms with Gasteiger partial charge in [0.1, 0.15) is 24.0 Å². The molecule has 36 heavy (non-hydrogen) atoms. The Balaban J connectivity index is 1.46. The molecule has 0 bridgehead atoms. The van der Waals surface area contributed by atoms with Crippen LogP contribution in [0.15, 0.2) is 82.0 Å². The topological polar surface area (TPSA) is 94.8 Å². The lowest BCUT2D eigenvalue weighted by Gasteiger charge is -2.16. The molecule has 0 radical (unpaired) electrons. The van der Waals surface area contributed by atoms with Crippen molar-refractivity contribution in [3.05, 3.63) is 111 Å². The van der Waals surface area contributed by atoms with Gasteiger partial charge in [0, 0.05) is 22.9 Å². The Labute approximate surface area is 208 Å². The van der Waals surface area contributed by atoms with E-state index in [4.69, 9.17) is 13.9 Å². The molecule has 7 nitrogen and oxygen atoms in total. The van der Waals surface area contributed by atoms with E-state index in [2.05, 4.69) is 5.32 Å². The number of ether oxygens (including phenoxy) is 2. The molecule has 0 aliphatic heterocycles. The quantitative estimate of drug-likeness (QED) is 0.219. The summed E-state index contributed by atoms with van der Waals surface area (Å²) < 4.78 is 16.3. The van der Waals surface area contributed by atoms with Crippen molar-refractivity contribution in [1.29, 1.82) is 0 Å². The second-order valence-corrected chi connectivity index (χ2v) is 8.57. The highest BCUT2D eigenvalue weighted by molar-refractivity contribution is 5.88. The second-order valence-electron chi connectivity index (χ2n) is 8.57. The fourth-order valence-electron chi connectivity index (χ4n) is 3.88. The molecule has 4 rings (SSSR count). The Hall–Kier alpha value is -4.39. The first kappa shape index (κ1) is 24.7. The van der Waals surface area contributed by atoms with Crippen molar-refractivity contribution in [2.45, 2.75) is 39.8 Å². The van der Waals surface area contributed by atoms with E-state index in [1.807, 2.05) is 67.6 Å². The molecule has 1 amide bonds. The van der Waals surface area contributed by atoms with E-state index in [0.717, 1.165) is 22.1 Å². The first-order valence-corrected chi connectivity index (χ1v) is 11.6. The van der Waals surface area contributed by atoms with Gasteiger partial charge in [-0.15, -0.1) is 0 Å². The third kappa shape index (κ3) is 5.63. The average Bonchev–Trinajstić information content (AvgIpc) is 2.88. The highest BCUT2D eigenvalue weighted by Gasteiger charge is 2.21.